The zero-order valence-electron chi connectivity index (χ0n) is 19.8. The van der Waals surface area contributed by atoms with Crippen LogP contribution in [-0.2, 0) is 23.9 Å². The summed E-state index contributed by atoms with van der Waals surface area (Å²) in [6.07, 6.45) is -0.268. The van der Waals surface area contributed by atoms with Gasteiger partial charge in [-0.05, 0) is 47.9 Å². The summed E-state index contributed by atoms with van der Waals surface area (Å²) in [4.78, 5) is 41.4. The molecule has 0 aliphatic heterocycles. The molecule has 186 valence electrons. The summed E-state index contributed by atoms with van der Waals surface area (Å²) in [6, 6.07) is 16.2. The van der Waals surface area contributed by atoms with Crippen molar-refractivity contribution >= 4 is 18.0 Å². The first-order valence-corrected chi connectivity index (χ1v) is 11.6. The van der Waals surface area contributed by atoms with Crippen LogP contribution in [0.25, 0.3) is 11.1 Å². The van der Waals surface area contributed by atoms with Crippen LogP contribution in [0.15, 0.2) is 48.5 Å². The van der Waals surface area contributed by atoms with Crippen LogP contribution in [0.1, 0.15) is 43.2 Å². The standard InChI is InChI=1S/C26H30N2O7/c1-26(16-11-12-16,13-23(29)28-35-22(15-33-2)24(30)31)27-25(32)34-14-21-19-9-5-3-7-17(19)18-8-4-6-10-20(18)21/h3-10,16,21-22H,11-15H2,1-2H3,(H,27,32)(H,28,29)(H,30,31). The quantitative estimate of drug-likeness (QED) is 0.420. The number of carboxylic acid groups (broad SMARTS) is 1. The molecule has 0 bridgehead atoms. The predicted octanol–water partition coefficient (Wildman–Crippen LogP) is 3.23. The Labute approximate surface area is 203 Å². The summed E-state index contributed by atoms with van der Waals surface area (Å²) in [5.41, 5.74) is 5.84. The van der Waals surface area contributed by atoms with Gasteiger partial charge in [0.25, 0.3) is 0 Å². The smallest absolute Gasteiger partial charge is 0.407 e. The molecule has 2 aromatic carbocycles. The fourth-order valence-electron chi connectivity index (χ4n) is 4.69. The molecule has 2 aliphatic carbocycles. The zero-order chi connectivity index (χ0) is 25.0. The second-order valence-corrected chi connectivity index (χ2v) is 9.24. The number of carboxylic acids is 1. The number of fused-ring (bicyclic) bond motifs is 3. The molecule has 2 unspecified atom stereocenters. The van der Waals surface area contributed by atoms with Gasteiger partial charge < -0.3 is 19.9 Å². The maximum atomic E-state index is 12.8. The van der Waals surface area contributed by atoms with Crippen molar-refractivity contribution in [3.8, 4) is 11.1 Å². The maximum Gasteiger partial charge on any atom is 0.407 e. The highest BCUT2D eigenvalue weighted by molar-refractivity contribution is 5.80. The normalized spacial score (nSPS) is 17.0. The topological polar surface area (TPSA) is 123 Å². The molecule has 0 heterocycles. The first-order valence-electron chi connectivity index (χ1n) is 11.6. The number of rotatable bonds is 11. The number of methoxy groups -OCH3 is 1. The van der Waals surface area contributed by atoms with Gasteiger partial charge in [0.05, 0.1) is 18.6 Å². The van der Waals surface area contributed by atoms with Gasteiger partial charge in [0.15, 0.2) is 0 Å². The van der Waals surface area contributed by atoms with Gasteiger partial charge in [-0.15, -0.1) is 0 Å². The van der Waals surface area contributed by atoms with Crippen LogP contribution in [-0.4, -0.2) is 55.0 Å². The number of nitrogens with one attached hydrogen (secondary N) is 2. The van der Waals surface area contributed by atoms with Crippen molar-refractivity contribution in [2.24, 2.45) is 5.92 Å². The molecule has 4 rings (SSSR count). The van der Waals surface area contributed by atoms with Crippen molar-refractivity contribution in [2.45, 2.75) is 43.7 Å². The van der Waals surface area contributed by atoms with Crippen molar-refractivity contribution in [3.05, 3.63) is 59.7 Å². The van der Waals surface area contributed by atoms with Crippen LogP contribution < -0.4 is 10.8 Å². The Bertz CT molecular complexity index is 1060. The third kappa shape index (κ3) is 5.63. The van der Waals surface area contributed by atoms with Gasteiger partial charge in [0.1, 0.15) is 6.61 Å². The largest absolute Gasteiger partial charge is 0.479 e. The molecule has 0 radical (unpaired) electrons. The van der Waals surface area contributed by atoms with Crippen molar-refractivity contribution in [3.63, 3.8) is 0 Å². The number of alkyl carbamates (subject to hydrolysis) is 1. The van der Waals surface area contributed by atoms with E-state index in [1.165, 1.54) is 7.11 Å². The number of amides is 2. The van der Waals surface area contributed by atoms with E-state index in [4.69, 9.17) is 19.4 Å². The lowest BCUT2D eigenvalue weighted by Gasteiger charge is -2.30. The molecule has 0 spiro atoms. The Morgan fingerprint density at radius 3 is 2.20 bits per heavy atom. The first kappa shape index (κ1) is 24.7. The summed E-state index contributed by atoms with van der Waals surface area (Å²) in [7, 11) is 1.34. The van der Waals surface area contributed by atoms with Gasteiger partial charge in [0, 0.05) is 13.0 Å². The molecular formula is C26H30N2O7. The number of hydrogen-bond donors (Lipinski definition) is 3. The fourth-order valence-corrected chi connectivity index (χ4v) is 4.69. The average molecular weight is 483 g/mol. The molecule has 0 saturated heterocycles. The van der Waals surface area contributed by atoms with E-state index in [2.05, 4.69) is 22.9 Å². The second kappa shape index (κ2) is 10.5. The molecule has 2 atom stereocenters. The lowest BCUT2D eigenvalue weighted by Crippen LogP contribution is -2.51. The van der Waals surface area contributed by atoms with E-state index in [1.807, 2.05) is 36.4 Å². The minimum absolute atomic E-state index is 0.0641. The maximum absolute atomic E-state index is 12.8. The minimum atomic E-state index is -1.33. The zero-order valence-corrected chi connectivity index (χ0v) is 19.8. The van der Waals surface area contributed by atoms with E-state index in [0.29, 0.717) is 0 Å². The average Bonchev–Trinajstić information content (AvgIpc) is 3.64. The Kier molecular flexibility index (Phi) is 7.37. The summed E-state index contributed by atoms with van der Waals surface area (Å²) in [5.74, 6) is -1.75. The van der Waals surface area contributed by atoms with Crippen molar-refractivity contribution < 1.29 is 33.8 Å². The molecule has 9 heteroatoms. The first-order chi connectivity index (χ1) is 16.8. The number of ether oxygens (including phenoxy) is 2. The number of hydroxylamine groups is 1. The monoisotopic (exact) mass is 482 g/mol. The van der Waals surface area contributed by atoms with Crippen molar-refractivity contribution in [1.29, 1.82) is 0 Å². The number of carbonyl (C=O) groups excluding carboxylic acids is 2. The SMILES string of the molecule is COCC(ONC(=O)CC(C)(NC(=O)OCC1c2ccccc2-c2ccccc21)C1CC1)C(=O)O. The Hall–Kier alpha value is -3.43. The number of carbonyl (C=O) groups is 3. The molecule has 2 aromatic rings. The third-order valence-corrected chi connectivity index (χ3v) is 6.65. The van der Waals surface area contributed by atoms with E-state index in [9.17, 15) is 14.4 Å². The molecule has 1 fully saturated rings. The highest BCUT2D eigenvalue weighted by atomic mass is 16.7. The highest BCUT2D eigenvalue weighted by Crippen LogP contribution is 2.45. The van der Waals surface area contributed by atoms with Crippen LogP contribution in [0.4, 0.5) is 4.79 Å². The minimum Gasteiger partial charge on any atom is -0.479 e. The number of hydrogen-bond acceptors (Lipinski definition) is 6. The molecule has 2 amide bonds. The van der Waals surface area contributed by atoms with E-state index in [0.717, 1.165) is 35.1 Å². The third-order valence-electron chi connectivity index (χ3n) is 6.65. The van der Waals surface area contributed by atoms with Crippen molar-refractivity contribution in [2.75, 3.05) is 20.3 Å². The summed E-state index contributed by atoms with van der Waals surface area (Å²) in [5, 5.41) is 12.0. The molecule has 35 heavy (non-hydrogen) atoms. The van der Waals surface area contributed by atoms with Gasteiger partial charge in [-0.25, -0.2) is 15.1 Å². The predicted molar refractivity (Wildman–Crippen MR) is 126 cm³/mol. The molecule has 1 saturated carbocycles. The van der Waals surface area contributed by atoms with E-state index >= 15 is 0 Å². The summed E-state index contributed by atoms with van der Waals surface area (Å²) < 4.78 is 10.4. The summed E-state index contributed by atoms with van der Waals surface area (Å²) in [6.45, 7) is 1.75. The van der Waals surface area contributed by atoms with Crippen LogP contribution in [0.5, 0.6) is 0 Å². The second-order valence-electron chi connectivity index (χ2n) is 9.24. The Balaban J connectivity index is 1.36. The van der Waals surface area contributed by atoms with Crippen molar-refractivity contribution in [1.82, 2.24) is 10.8 Å². The van der Waals surface area contributed by atoms with Crippen LogP contribution in [0.2, 0.25) is 0 Å². The molecule has 9 nitrogen and oxygen atoms in total. The van der Waals surface area contributed by atoms with E-state index < -0.39 is 29.6 Å². The number of benzene rings is 2. The lowest BCUT2D eigenvalue weighted by atomic mass is 9.91. The molecule has 2 aliphatic rings. The summed E-state index contributed by atoms with van der Waals surface area (Å²) >= 11 is 0. The molecule has 0 aromatic heterocycles. The lowest BCUT2D eigenvalue weighted by molar-refractivity contribution is -0.165. The highest BCUT2D eigenvalue weighted by Gasteiger charge is 2.44. The van der Waals surface area contributed by atoms with E-state index in [1.54, 1.807) is 6.92 Å². The molecular weight excluding hydrogens is 452 g/mol. The van der Waals surface area contributed by atoms with Crippen LogP contribution in [0, 0.1) is 5.92 Å². The van der Waals surface area contributed by atoms with Gasteiger partial charge in [0.2, 0.25) is 12.0 Å². The van der Waals surface area contributed by atoms with Gasteiger partial charge >= 0.3 is 12.1 Å². The molecule has 3 N–H and O–H groups in total. The van der Waals surface area contributed by atoms with Gasteiger partial charge in [-0.3, -0.25) is 9.63 Å². The van der Waals surface area contributed by atoms with Gasteiger partial charge in [-0.2, -0.15) is 0 Å². The Morgan fingerprint density at radius 2 is 1.66 bits per heavy atom. The Morgan fingerprint density at radius 1 is 1.06 bits per heavy atom. The van der Waals surface area contributed by atoms with E-state index in [-0.39, 0.29) is 31.5 Å². The fraction of sp³-hybridized carbons (Fsp3) is 0.423. The van der Waals surface area contributed by atoms with Gasteiger partial charge in [-0.1, -0.05) is 48.5 Å². The van der Waals surface area contributed by atoms with Crippen LogP contribution in [0.3, 0.4) is 0 Å². The van der Waals surface area contributed by atoms with Crippen LogP contribution >= 0.6 is 0 Å². The number of aliphatic carboxylic acids is 1.